The molecule has 3 nitrogen and oxygen atoms in total. The molecule has 0 unspecified atom stereocenters. The first-order valence-corrected chi connectivity index (χ1v) is 9.00. The zero-order valence-corrected chi connectivity index (χ0v) is 14.4. The second-order valence-corrected chi connectivity index (χ2v) is 5.49. The number of hydrogen-bond donors (Lipinski definition) is 0. The molecule has 0 aliphatic heterocycles. The zero-order chi connectivity index (χ0) is 15.4. The van der Waals surface area contributed by atoms with Crippen LogP contribution < -0.4 is 0 Å². The van der Waals surface area contributed by atoms with Crippen molar-refractivity contribution in [1.29, 1.82) is 0 Å². The summed E-state index contributed by atoms with van der Waals surface area (Å²) < 4.78 is 15.9. The Morgan fingerprint density at radius 1 is 0.619 bits per heavy atom. The average molecular weight is 301 g/mol. The summed E-state index contributed by atoms with van der Waals surface area (Å²) in [5.74, 6) is 0. The van der Waals surface area contributed by atoms with Crippen LogP contribution in [-0.4, -0.2) is 33.0 Å². The summed E-state index contributed by atoms with van der Waals surface area (Å²) in [7, 11) is 0. The minimum atomic E-state index is 0.560. The van der Waals surface area contributed by atoms with Gasteiger partial charge in [-0.15, -0.1) is 0 Å². The van der Waals surface area contributed by atoms with Gasteiger partial charge < -0.3 is 14.2 Å². The summed E-state index contributed by atoms with van der Waals surface area (Å²) in [6, 6.07) is 0. The van der Waals surface area contributed by atoms with Gasteiger partial charge in [0.25, 0.3) is 0 Å². The predicted molar refractivity (Wildman–Crippen MR) is 89.4 cm³/mol. The highest BCUT2D eigenvalue weighted by atomic mass is 16.5. The van der Waals surface area contributed by atoms with Crippen molar-refractivity contribution in [3.8, 4) is 0 Å². The predicted octanol–water partition coefficient (Wildman–Crippen LogP) is 5.14. The maximum absolute atomic E-state index is 5.42. The molecule has 127 valence electrons. The Morgan fingerprint density at radius 3 is 1.81 bits per heavy atom. The lowest BCUT2D eigenvalue weighted by atomic mass is 10.1. The Bertz CT molecular complexity index is 156. The molecular weight excluding hydrogens is 264 g/mol. The molecule has 21 heavy (non-hydrogen) atoms. The normalized spacial score (nSPS) is 11.1. The molecule has 0 saturated carbocycles. The Kier molecular flexibility index (Phi) is 19.8. The van der Waals surface area contributed by atoms with Crippen LogP contribution in [-0.2, 0) is 14.2 Å². The highest BCUT2D eigenvalue weighted by Crippen LogP contribution is 2.10. The van der Waals surface area contributed by atoms with Crippen LogP contribution in [0.5, 0.6) is 0 Å². The van der Waals surface area contributed by atoms with Crippen molar-refractivity contribution in [3.05, 3.63) is 6.61 Å². The largest absolute Gasteiger partial charge is 0.379 e. The maximum atomic E-state index is 5.42. The Labute approximate surface area is 132 Å². The quantitative estimate of drug-likeness (QED) is 0.328. The molecule has 0 N–H and O–H groups in total. The third kappa shape index (κ3) is 19.9. The van der Waals surface area contributed by atoms with E-state index in [1.807, 2.05) is 6.92 Å². The molecule has 0 aromatic carbocycles. The third-order valence-electron chi connectivity index (χ3n) is 3.50. The van der Waals surface area contributed by atoms with Gasteiger partial charge >= 0.3 is 0 Å². The summed E-state index contributed by atoms with van der Waals surface area (Å²) in [5.41, 5.74) is 0. The molecular formula is C18H37O3. The molecule has 0 bridgehead atoms. The summed E-state index contributed by atoms with van der Waals surface area (Å²) in [6.45, 7) is 9.47. The fraction of sp³-hybridized carbons (Fsp3) is 0.944. The highest BCUT2D eigenvalue weighted by Gasteiger charge is 1.94. The summed E-state index contributed by atoms with van der Waals surface area (Å²) in [6.07, 6.45) is 13.6. The fourth-order valence-electron chi connectivity index (χ4n) is 2.20. The molecule has 0 atom stereocenters. The first-order chi connectivity index (χ1) is 10.4. The first-order valence-electron chi connectivity index (χ1n) is 9.00. The Morgan fingerprint density at radius 2 is 1.19 bits per heavy atom. The molecule has 0 saturated heterocycles. The van der Waals surface area contributed by atoms with Gasteiger partial charge in [-0.05, 0) is 13.3 Å². The highest BCUT2D eigenvalue weighted by molar-refractivity contribution is 4.50. The third-order valence-corrected chi connectivity index (χ3v) is 3.50. The van der Waals surface area contributed by atoms with E-state index in [-0.39, 0.29) is 0 Å². The van der Waals surface area contributed by atoms with E-state index in [9.17, 15) is 0 Å². The van der Waals surface area contributed by atoms with Crippen molar-refractivity contribution >= 4 is 0 Å². The van der Waals surface area contributed by atoms with Crippen LogP contribution in [0.4, 0.5) is 0 Å². The minimum Gasteiger partial charge on any atom is -0.379 e. The molecule has 0 aromatic heterocycles. The SMILES string of the molecule is CCCCCCCCCCCCO[CH]COCCOCC. The van der Waals surface area contributed by atoms with E-state index in [1.54, 1.807) is 6.61 Å². The number of rotatable bonds is 18. The van der Waals surface area contributed by atoms with Gasteiger partial charge in [-0.3, -0.25) is 0 Å². The molecule has 0 aliphatic carbocycles. The second-order valence-electron chi connectivity index (χ2n) is 5.49. The second kappa shape index (κ2) is 19.9. The molecule has 0 aromatic rings. The van der Waals surface area contributed by atoms with Crippen molar-refractivity contribution in [1.82, 2.24) is 0 Å². The average Bonchev–Trinajstić information content (AvgIpc) is 2.50. The van der Waals surface area contributed by atoms with Crippen LogP contribution in [0.2, 0.25) is 0 Å². The van der Waals surface area contributed by atoms with E-state index in [0.29, 0.717) is 19.8 Å². The summed E-state index contributed by atoms with van der Waals surface area (Å²) in [4.78, 5) is 0. The van der Waals surface area contributed by atoms with Gasteiger partial charge in [0.05, 0.1) is 19.8 Å². The molecule has 0 rings (SSSR count). The molecule has 0 heterocycles. The van der Waals surface area contributed by atoms with E-state index >= 15 is 0 Å². The van der Waals surface area contributed by atoms with Crippen LogP contribution >= 0.6 is 0 Å². The van der Waals surface area contributed by atoms with E-state index in [2.05, 4.69) is 6.92 Å². The summed E-state index contributed by atoms with van der Waals surface area (Å²) in [5, 5.41) is 0. The van der Waals surface area contributed by atoms with E-state index < -0.39 is 0 Å². The lowest BCUT2D eigenvalue weighted by Gasteiger charge is -2.05. The molecule has 0 amide bonds. The molecule has 0 fully saturated rings. The summed E-state index contributed by atoms with van der Waals surface area (Å²) >= 11 is 0. The maximum Gasteiger partial charge on any atom is 0.109 e. The Balaban J connectivity index is 2.90. The molecule has 0 aliphatic rings. The van der Waals surface area contributed by atoms with Crippen molar-refractivity contribution < 1.29 is 14.2 Å². The van der Waals surface area contributed by atoms with Crippen LogP contribution in [0.25, 0.3) is 0 Å². The topological polar surface area (TPSA) is 27.7 Å². The van der Waals surface area contributed by atoms with Gasteiger partial charge in [0.15, 0.2) is 0 Å². The van der Waals surface area contributed by atoms with Gasteiger partial charge in [0.2, 0.25) is 0 Å². The van der Waals surface area contributed by atoms with Crippen LogP contribution in [0.1, 0.15) is 78.1 Å². The van der Waals surface area contributed by atoms with Crippen molar-refractivity contribution in [2.45, 2.75) is 78.1 Å². The zero-order valence-electron chi connectivity index (χ0n) is 14.4. The minimum absolute atomic E-state index is 0.560. The molecule has 3 heteroatoms. The van der Waals surface area contributed by atoms with Gasteiger partial charge in [0, 0.05) is 13.2 Å². The number of unbranched alkanes of at least 4 members (excludes halogenated alkanes) is 9. The van der Waals surface area contributed by atoms with Gasteiger partial charge in [-0.25, -0.2) is 0 Å². The Hall–Kier alpha value is -0.120. The van der Waals surface area contributed by atoms with Crippen molar-refractivity contribution in [3.63, 3.8) is 0 Å². The monoisotopic (exact) mass is 301 g/mol. The van der Waals surface area contributed by atoms with E-state index in [0.717, 1.165) is 19.6 Å². The van der Waals surface area contributed by atoms with Crippen molar-refractivity contribution in [2.24, 2.45) is 0 Å². The standard InChI is InChI=1S/C18H37O3/c1-3-5-6-7-8-9-10-11-12-13-14-20-17-18-21-16-15-19-4-2/h17H,3-16,18H2,1-2H3. The van der Waals surface area contributed by atoms with Gasteiger partial charge in [0.1, 0.15) is 6.61 Å². The van der Waals surface area contributed by atoms with Crippen LogP contribution in [0, 0.1) is 6.61 Å². The number of hydrogen-bond acceptors (Lipinski definition) is 3. The van der Waals surface area contributed by atoms with E-state index in [1.165, 1.54) is 57.8 Å². The van der Waals surface area contributed by atoms with Crippen molar-refractivity contribution in [2.75, 3.05) is 33.0 Å². The van der Waals surface area contributed by atoms with Gasteiger partial charge in [-0.2, -0.15) is 0 Å². The lowest BCUT2D eigenvalue weighted by Crippen LogP contribution is -2.06. The number of ether oxygens (including phenoxy) is 3. The fourth-order valence-corrected chi connectivity index (χ4v) is 2.20. The van der Waals surface area contributed by atoms with Crippen LogP contribution in [0.15, 0.2) is 0 Å². The van der Waals surface area contributed by atoms with Gasteiger partial charge in [-0.1, -0.05) is 64.7 Å². The first kappa shape index (κ1) is 20.9. The van der Waals surface area contributed by atoms with E-state index in [4.69, 9.17) is 14.2 Å². The molecule has 1 radical (unpaired) electrons. The molecule has 0 spiro atoms. The smallest absolute Gasteiger partial charge is 0.109 e. The van der Waals surface area contributed by atoms with Crippen LogP contribution in [0.3, 0.4) is 0 Å². The lowest BCUT2D eigenvalue weighted by molar-refractivity contribution is 0.0398.